The third-order valence-electron chi connectivity index (χ3n) is 3.69. The Bertz CT molecular complexity index is 574. The van der Waals surface area contributed by atoms with Gasteiger partial charge in [-0.05, 0) is 71.3 Å². The number of fused-ring (bicyclic) bond motifs is 1. The second kappa shape index (κ2) is 7.18. The molecule has 2 aromatic rings. The van der Waals surface area contributed by atoms with Crippen LogP contribution in [0.2, 0.25) is 0 Å². The molecule has 0 saturated carbocycles. The Morgan fingerprint density at radius 3 is 2.76 bits per heavy atom. The number of nitrogens with one attached hydrogen (secondary N) is 1. The molecule has 1 aliphatic heterocycles. The number of halogens is 1. The van der Waals surface area contributed by atoms with Gasteiger partial charge in [0.15, 0.2) is 0 Å². The molecule has 0 bridgehead atoms. The molecule has 1 nitrogen and oxygen atoms in total. The van der Waals surface area contributed by atoms with E-state index in [9.17, 15) is 0 Å². The van der Waals surface area contributed by atoms with E-state index in [0.29, 0.717) is 6.04 Å². The molecule has 0 amide bonds. The molecule has 2 aromatic heterocycles. The molecule has 114 valence electrons. The Hall–Kier alpha value is 0.190. The van der Waals surface area contributed by atoms with E-state index in [4.69, 9.17) is 0 Å². The molecular formula is C16H20BrNS3. The first-order valence-corrected chi connectivity index (χ1v) is 11.0. The third-order valence-corrected chi connectivity index (χ3v) is 8.20. The maximum Gasteiger partial charge on any atom is 0.0765 e. The van der Waals surface area contributed by atoms with Gasteiger partial charge in [-0.15, -0.1) is 22.7 Å². The van der Waals surface area contributed by atoms with Crippen LogP contribution in [0.15, 0.2) is 15.9 Å². The smallest absolute Gasteiger partial charge is 0.0765 e. The number of thioether (sulfide) groups is 1. The van der Waals surface area contributed by atoms with Gasteiger partial charge < -0.3 is 5.32 Å². The summed E-state index contributed by atoms with van der Waals surface area (Å²) in [6.07, 6.45) is 2.42. The van der Waals surface area contributed by atoms with Crippen LogP contribution in [0, 0.1) is 6.92 Å². The van der Waals surface area contributed by atoms with Crippen molar-refractivity contribution in [1.82, 2.24) is 5.32 Å². The van der Waals surface area contributed by atoms with E-state index in [0.717, 1.165) is 6.54 Å². The van der Waals surface area contributed by atoms with Gasteiger partial charge >= 0.3 is 0 Å². The van der Waals surface area contributed by atoms with Crippen molar-refractivity contribution < 1.29 is 0 Å². The molecule has 0 radical (unpaired) electrons. The predicted molar refractivity (Wildman–Crippen MR) is 101 cm³/mol. The molecule has 0 aliphatic carbocycles. The van der Waals surface area contributed by atoms with Crippen molar-refractivity contribution in [1.29, 1.82) is 0 Å². The van der Waals surface area contributed by atoms with Crippen molar-refractivity contribution >= 4 is 50.4 Å². The molecule has 1 atom stereocenters. The molecular weight excluding hydrogens is 382 g/mol. The van der Waals surface area contributed by atoms with E-state index in [1.807, 2.05) is 22.7 Å². The van der Waals surface area contributed by atoms with Gasteiger partial charge in [-0.1, -0.05) is 6.92 Å². The molecule has 5 heteroatoms. The number of aryl methyl sites for hydroxylation is 2. The molecule has 0 aromatic carbocycles. The summed E-state index contributed by atoms with van der Waals surface area (Å²) >= 11 is 9.63. The van der Waals surface area contributed by atoms with Crippen LogP contribution < -0.4 is 5.32 Å². The minimum Gasteiger partial charge on any atom is -0.305 e. The lowest BCUT2D eigenvalue weighted by atomic mass is 10.1. The maximum atomic E-state index is 3.74. The second-order valence-electron chi connectivity index (χ2n) is 5.39. The monoisotopic (exact) mass is 401 g/mol. The zero-order valence-electron chi connectivity index (χ0n) is 12.4. The third kappa shape index (κ3) is 3.58. The molecule has 0 saturated heterocycles. The zero-order chi connectivity index (χ0) is 14.8. The lowest BCUT2D eigenvalue weighted by Gasteiger charge is -2.15. The van der Waals surface area contributed by atoms with Crippen LogP contribution in [0.25, 0.3) is 0 Å². The summed E-state index contributed by atoms with van der Waals surface area (Å²) in [5.74, 6) is 2.48. The average Bonchev–Trinajstić information content (AvgIpc) is 3.04. The predicted octanol–water partition coefficient (Wildman–Crippen LogP) is 5.76. The lowest BCUT2D eigenvalue weighted by molar-refractivity contribution is 0.613. The molecule has 1 unspecified atom stereocenters. The summed E-state index contributed by atoms with van der Waals surface area (Å²) in [5.41, 5.74) is 2.91. The molecule has 1 aliphatic rings. The largest absolute Gasteiger partial charge is 0.305 e. The summed E-state index contributed by atoms with van der Waals surface area (Å²) in [6.45, 7) is 5.48. The van der Waals surface area contributed by atoms with Gasteiger partial charge in [0, 0.05) is 20.4 Å². The Morgan fingerprint density at radius 2 is 2.10 bits per heavy atom. The number of hydrogen-bond donors (Lipinski definition) is 1. The highest BCUT2D eigenvalue weighted by Crippen LogP contribution is 2.40. The Labute approximate surface area is 147 Å². The van der Waals surface area contributed by atoms with Crippen LogP contribution in [0.3, 0.4) is 0 Å². The van der Waals surface area contributed by atoms with Crippen LogP contribution in [-0.2, 0) is 12.2 Å². The summed E-state index contributed by atoms with van der Waals surface area (Å²) in [7, 11) is 0. The van der Waals surface area contributed by atoms with Gasteiger partial charge in [0.2, 0.25) is 0 Å². The highest BCUT2D eigenvalue weighted by Gasteiger charge is 2.22. The van der Waals surface area contributed by atoms with E-state index >= 15 is 0 Å². The van der Waals surface area contributed by atoms with Gasteiger partial charge in [0.05, 0.1) is 9.83 Å². The lowest BCUT2D eigenvalue weighted by Crippen LogP contribution is -2.21. The summed E-state index contributed by atoms with van der Waals surface area (Å²) in [6, 6.07) is 5.14. The Balaban J connectivity index is 1.92. The number of rotatable bonds is 5. The van der Waals surface area contributed by atoms with Crippen molar-refractivity contribution in [3.63, 3.8) is 0 Å². The van der Waals surface area contributed by atoms with E-state index in [2.05, 4.69) is 59.0 Å². The first kappa shape index (κ1) is 16.1. The number of thiophene rings is 2. The molecule has 1 N–H and O–H groups in total. The maximum absolute atomic E-state index is 3.74. The van der Waals surface area contributed by atoms with E-state index < -0.39 is 0 Å². The zero-order valence-corrected chi connectivity index (χ0v) is 16.4. The quantitative estimate of drug-likeness (QED) is 0.683. The van der Waals surface area contributed by atoms with Gasteiger partial charge in [0.1, 0.15) is 0 Å². The van der Waals surface area contributed by atoms with Crippen LogP contribution in [0.5, 0.6) is 0 Å². The fraction of sp³-hybridized carbons (Fsp3) is 0.500. The van der Waals surface area contributed by atoms with E-state index in [1.165, 1.54) is 43.5 Å². The summed E-state index contributed by atoms with van der Waals surface area (Å²) < 4.78 is 1.26. The molecule has 21 heavy (non-hydrogen) atoms. The van der Waals surface area contributed by atoms with Gasteiger partial charge in [0.25, 0.3) is 0 Å². The normalized spacial score (nSPS) is 16.0. The first-order chi connectivity index (χ1) is 10.2. The fourth-order valence-electron chi connectivity index (χ4n) is 2.57. The van der Waals surface area contributed by atoms with Crippen molar-refractivity contribution in [3.8, 4) is 0 Å². The van der Waals surface area contributed by atoms with Gasteiger partial charge in [-0.3, -0.25) is 0 Å². The standard InChI is InChI=1S/C16H20BrNS3/c1-3-5-18-15(13-7-10(2)16(17)21-13)14-8-11-9-19-6-4-12(11)20-14/h7-8,15,18H,3-6,9H2,1-2H3. The highest BCUT2D eigenvalue weighted by atomic mass is 79.9. The highest BCUT2D eigenvalue weighted by molar-refractivity contribution is 9.11. The minimum absolute atomic E-state index is 0.362. The molecule has 0 fully saturated rings. The van der Waals surface area contributed by atoms with Crippen LogP contribution in [0.4, 0.5) is 0 Å². The van der Waals surface area contributed by atoms with Crippen molar-refractivity contribution in [2.24, 2.45) is 0 Å². The van der Waals surface area contributed by atoms with Crippen LogP contribution in [0.1, 0.15) is 45.1 Å². The van der Waals surface area contributed by atoms with E-state index in [1.54, 1.807) is 10.4 Å². The topological polar surface area (TPSA) is 12.0 Å². The number of hydrogen-bond acceptors (Lipinski definition) is 4. The van der Waals surface area contributed by atoms with Gasteiger partial charge in [-0.25, -0.2) is 0 Å². The Kier molecular flexibility index (Phi) is 5.49. The fourth-order valence-corrected chi connectivity index (χ4v) is 6.78. The van der Waals surface area contributed by atoms with E-state index in [-0.39, 0.29) is 0 Å². The van der Waals surface area contributed by atoms with Crippen molar-refractivity contribution in [2.75, 3.05) is 12.3 Å². The SMILES string of the molecule is CCCNC(c1cc(C)c(Br)s1)c1cc2c(s1)CCSC2. The summed E-state index contributed by atoms with van der Waals surface area (Å²) in [4.78, 5) is 4.53. The van der Waals surface area contributed by atoms with Crippen molar-refractivity contribution in [2.45, 2.75) is 38.5 Å². The van der Waals surface area contributed by atoms with Crippen LogP contribution in [-0.4, -0.2) is 12.3 Å². The minimum atomic E-state index is 0.362. The van der Waals surface area contributed by atoms with Crippen molar-refractivity contribution in [3.05, 3.63) is 41.7 Å². The van der Waals surface area contributed by atoms with Gasteiger partial charge in [-0.2, -0.15) is 11.8 Å². The van der Waals surface area contributed by atoms with Crippen LogP contribution >= 0.6 is 50.4 Å². The first-order valence-electron chi connectivity index (χ1n) is 7.37. The Morgan fingerprint density at radius 1 is 1.29 bits per heavy atom. The molecule has 0 spiro atoms. The average molecular weight is 402 g/mol. The summed E-state index contributed by atoms with van der Waals surface area (Å²) in [5, 5.41) is 3.74. The second-order valence-corrected chi connectivity index (χ2v) is 10.1. The molecule has 3 rings (SSSR count). The molecule has 3 heterocycles.